The van der Waals surface area contributed by atoms with Crippen LogP contribution >= 0.6 is 15.9 Å². The summed E-state index contributed by atoms with van der Waals surface area (Å²) in [5.41, 5.74) is 0.0156. The van der Waals surface area contributed by atoms with Crippen LogP contribution in [0.2, 0.25) is 0 Å². The molecule has 0 saturated carbocycles. The summed E-state index contributed by atoms with van der Waals surface area (Å²) in [7, 11) is 3.37. The maximum absolute atomic E-state index is 10.6. The van der Waals surface area contributed by atoms with Crippen LogP contribution in [-0.4, -0.2) is 27.9 Å². The number of aromatic carboxylic acids is 1. The van der Waals surface area contributed by atoms with Crippen molar-refractivity contribution in [2.24, 2.45) is 7.05 Å². The summed E-state index contributed by atoms with van der Waals surface area (Å²) in [5, 5.41) is 15.3. The molecule has 2 N–H and O–H groups in total. The molecule has 0 aromatic carbocycles. The van der Waals surface area contributed by atoms with Crippen LogP contribution in [-0.2, 0) is 7.05 Å². The van der Waals surface area contributed by atoms with Gasteiger partial charge in [-0.3, -0.25) is 4.68 Å². The third-order valence-corrected chi connectivity index (χ3v) is 2.18. The average molecular weight is 234 g/mol. The molecule has 0 aliphatic heterocycles. The van der Waals surface area contributed by atoms with Gasteiger partial charge in [-0.15, -0.1) is 0 Å². The maximum Gasteiger partial charge on any atom is 0.357 e. The lowest BCUT2D eigenvalue weighted by Crippen LogP contribution is -2.00. The Morgan fingerprint density at radius 1 is 1.75 bits per heavy atom. The molecule has 0 aliphatic carbocycles. The number of aryl methyl sites for hydroxylation is 1. The van der Waals surface area contributed by atoms with E-state index in [9.17, 15) is 4.79 Å². The Kier molecular flexibility index (Phi) is 2.37. The van der Waals surface area contributed by atoms with Crippen LogP contribution < -0.4 is 5.32 Å². The van der Waals surface area contributed by atoms with Gasteiger partial charge in [0.15, 0.2) is 5.69 Å². The molecule has 5 nitrogen and oxygen atoms in total. The van der Waals surface area contributed by atoms with Gasteiger partial charge in [0.05, 0.1) is 4.47 Å². The molecule has 0 unspecified atom stereocenters. The predicted molar refractivity (Wildman–Crippen MR) is 47.4 cm³/mol. The molecule has 66 valence electrons. The van der Waals surface area contributed by atoms with Crippen LogP contribution in [0.15, 0.2) is 4.47 Å². The highest BCUT2D eigenvalue weighted by molar-refractivity contribution is 9.10. The summed E-state index contributed by atoms with van der Waals surface area (Å²) in [6.45, 7) is 0. The van der Waals surface area contributed by atoms with E-state index in [-0.39, 0.29) is 5.69 Å². The molecule has 0 saturated heterocycles. The molecular weight excluding hydrogens is 226 g/mol. The van der Waals surface area contributed by atoms with Crippen molar-refractivity contribution in [3.05, 3.63) is 10.2 Å². The first-order valence-electron chi connectivity index (χ1n) is 3.21. The van der Waals surface area contributed by atoms with Crippen LogP contribution in [0.4, 0.5) is 5.82 Å². The van der Waals surface area contributed by atoms with E-state index in [1.807, 2.05) is 0 Å². The van der Waals surface area contributed by atoms with Crippen molar-refractivity contribution < 1.29 is 9.90 Å². The van der Waals surface area contributed by atoms with Gasteiger partial charge in [-0.2, -0.15) is 5.10 Å². The summed E-state index contributed by atoms with van der Waals surface area (Å²) < 4.78 is 1.94. The molecular formula is C6H8BrN3O2. The number of hydrogen-bond acceptors (Lipinski definition) is 3. The molecule has 1 aromatic rings. The van der Waals surface area contributed by atoms with E-state index in [2.05, 4.69) is 26.3 Å². The topological polar surface area (TPSA) is 67.2 Å². The zero-order chi connectivity index (χ0) is 9.30. The van der Waals surface area contributed by atoms with Crippen LogP contribution in [0.3, 0.4) is 0 Å². The Hall–Kier alpha value is -1.04. The van der Waals surface area contributed by atoms with Gasteiger partial charge in [0, 0.05) is 14.1 Å². The highest BCUT2D eigenvalue weighted by Gasteiger charge is 2.17. The zero-order valence-corrected chi connectivity index (χ0v) is 8.21. The number of nitrogens with zero attached hydrogens (tertiary/aromatic N) is 2. The van der Waals surface area contributed by atoms with Gasteiger partial charge in [-0.1, -0.05) is 0 Å². The number of aromatic nitrogens is 2. The Bertz CT molecular complexity index is 321. The Morgan fingerprint density at radius 3 is 2.58 bits per heavy atom. The molecule has 0 atom stereocenters. The summed E-state index contributed by atoms with van der Waals surface area (Å²) in [5.74, 6) is -0.397. The number of hydrogen-bond donors (Lipinski definition) is 2. The number of carboxylic acid groups (broad SMARTS) is 1. The van der Waals surface area contributed by atoms with Crippen molar-refractivity contribution in [1.29, 1.82) is 0 Å². The predicted octanol–water partition coefficient (Wildman–Crippen LogP) is 0.922. The van der Waals surface area contributed by atoms with Gasteiger partial charge < -0.3 is 10.4 Å². The second kappa shape index (κ2) is 3.14. The standard InChI is InChI=1S/C6H8BrN3O2/c1-8-5-3(7)4(6(11)12)9-10(5)2/h8H,1-2H3,(H,11,12). The Morgan fingerprint density at radius 2 is 2.33 bits per heavy atom. The monoisotopic (exact) mass is 233 g/mol. The van der Waals surface area contributed by atoms with Gasteiger partial charge in [-0.25, -0.2) is 4.79 Å². The van der Waals surface area contributed by atoms with Crippen LogP contribution in [0.5, 0.6) is 0 Å². The van der Waals surface area contributed by atoms with Crippen molar-refractivity contribution in [3.63, 3.8) is 0 Å². The van der Waals surface area contributed by atoms with E-state index in [0.29, 0.717) is 10.3 Å². The summed E-state index contributed by atoms with van der Waals surface area (Å²) in [6, 6.07) is 0. The summed E-state index contributed by atoms with van der Waals surface area (Å²) in [4.78, 5) is 10.6. The minimum absolute atomic E-state index is 0.0156. The van der Waals surface area contributed by atoms with E-state index >= 15 is 0 Å². The van der Waals surface area contributed by atoms with Crippen molar-refractivity contribution in [1.82, 2.24) is 9.78 Å². The van der Waals surface area contributed by atoms with Crippen LogP contribution in [0.1, 0.15) is 10.5 Å². The molecule has 6 heteroatoms. The summed E-state index contributed by atoms with van der Waals surface area (Å²) in [6.07, 6.45) is 0. The molecule has 1 rings (SSSR count). The third-order valence-electron chi connectivity index (χ3n) is 1.43. The van der Waals surface area contributed by atoms with Crippen molar-refractivity contribution in [2.75, 3.05) is 12.4 Å². The van der Waals surface area contributed by atoms with Crippen LogP contribution in [0, 0.1) is 0 Å². The van der Waals surface area contributed by atoms with E-state index in [0.717, 1.165) is 0 Å². The second-order valence-corrected chi connectivity index (χ2v) is 2.98. The Balaban J connectivity index is 3.26. The van der Waals surface area contributed by atoms with Crippen molar-refractivity contribution in [2.45, 2.75) is 0 Å². The quantitative estimate of drug-likeness (QED) is 0.798. The maximum atomic E-state index is 10.6. The van der Waals surface area contributed by atoms with Crippen LogP contribution in [0.25, 0.3) is 0 Å². The second-order valence-electron chi connectivity index (χ2n) is 2.19. The molecule has 12 heavy (non-hydrogen) atoms. The first kappa shape index (κ1) is 9.05. The normalized spacial score (nSPS) is 9.92. The minimum atomic E-state index is -1.04. The van der Waals surface area contributed by atoms with Gasteiger partial charge in [0.2, 0.25) is 0 Å². The first-order valence-corrected chi connectivity index (χ1v) is 4.00. The molecule has 0 fully saturated rings. The Labute approximate surface area is 77.5 Å². The lowest BCUT2D eigenvalue weighted by Gasteiger charge is -1.98. The van der Waals surface area contributed by atoms with Gasteiger partial charge in [0.1, 0.15) is 5.82 Å². The number of anilines is 1. The van der Waals surface area contributed by atoms with Crippen molar-refractivity contribution >= 4 is 27.7 Å². The molecule has 1 aromatic heterocycles. The van der Waals surface area contributed by atoms with Gasteiger partial charge in [0.25, 0.3) is 0 Å². The minimum Gasteiger partial charge on any atom is -0.476 e. The van der Waals surface area contributed by atoms with E-state index in [1.165, 1.54) is 4.68 Å². The molecule has 0 radical (unpaired) electrons. The fourth-order valence-electron chi connectivity index (χ4n) is 0.906. The SMILES string of the molecule is CNc1c(Br)c(C(=O)O)nn1C. The molecule has 0 amide bonds. The highest BCUT2D eigenvalue weighted by Crippen LogP contribution is 2.24. The highest BCUT2D eigenvalue weighted by atomic mass is 79.9. The lowest BCUT2D eigenvalue weighted by molar-refractivity contribution is 0.0688. The third kappa shape index (κ3) is 1.29. The van der Waals surface area contributed by atoms with Crippen molar-refractivity contribution in [3.8, 4) is 0 Å². The van der Waals surface area contributed by atoms with Gasteiger partial charge in [-0.05, 0) is 15.9 Å². The average Bonchev–Trinajstić information content (AvgIpc) is 2.27. The largest absolute Gasteiger partial charge is 0.476 e. The lowest BCUT2D eigenvalue weighted by atomic mass is 10.4. The van der Waals surface area contributed by atoms with Gasteiger partial charge >= 0.3 is 5.97 Å². The fourth-order valence-corrected chi connectivity index (χ4v) is 1.61. The molecule has 1 heterocycles. The number of nitrogens with one attached hydrogen (secondary N) is 1. The molecule has 0 bridgehead atoms. The van der Waals surface area contributed by atoms with E-state index in [1.54, 1.807) is 14.1 Å². The molecule has 0 spiro atoms. The zero-order valence-electron chi connectivity index (χ0n) is 6.63. The summed E-state index contributed by atoms with van der Waals surface area (Å²) >= 11 is 3.14. The fraction of sp³-hybridized carbons (Fsp3) is 0.333. The van der Waals surface area contributed by atoms with E-state index < -0.39 is 5.97 Å². The number of halogens is 1. The number of carbonyl (C=O) groups is 1. The smallest absolute Gasteiger partial charge is 0.357 e. The molecule has 0 aliphatic rings. The van der Waals surface area contributed by atoms with E-state index in [4.69, 9.17) is 5.11 Å². The first-order chi connectivity index (χ1) is 5.57. The number of carboxylic acids is 1. The number of rotatable bonds is 2.